The number of aromatic amines is 2. The van der Waals surface area contributed by atoms with Crippen molar-refractivity contribution >= 4 is 27.5 Å². The van der Waals surface area contributed by atoms with Crippen molar-refractivity contribution in [3.8, 4) is 22.5 Å². The van der Waals surface area contributed by atoms with Gasteiger partial charge in [-0.3, -0.25) is 20.0 Å². The number of rotatable bonds is 7. The highest BCUT2D eigenvalue weighted by Crippen LogP contribution is 2.33. The Balaban J connectivity index is 1.38. The van der Waals surface area contributed by atoms with Gasteiger partial charge in [-0.25, -0.2) is 4.98 Å². The lowest BCUT2D eigenvalue weighted by molar-refractivity contribution is 0.371. The zero-order chi connectivity index (χ0) is 25.2. The van der Waals surface area contributed by atoms with Crippen LogP contribution in [0, 0.1) is 0 Å². The van der Waals surface area contributed by atoms with Crippen LogP contribution < -0.4 is 0 Å². The molecule has 6 heterocycles. The first-order valence-corrected chi connectivity index (χ1v) is 12.7. The topological polar surface area (TPSA) is 86.4 Å². The van der Waals surface area contributed by atoms with Crippen LogP contribution in [0.1, 0.15) is 25.3 Å². The molecule has 0 aromatic carbocycles. The van der Waals surface area contributed by atoms with Crippen molar-refractivity contribution in [2.24, 2.45) is 0 Å². The largest absolute Gasteiger partial charge is 0.352 e. The molecule has 5 aromatic rings. The van der Waals surface area contributed by atoms with Crippen molar-refractivity contribution < 1.29 is 0 Å². The number of nitrogens with zero attached hydrogens (tertiary/aromatic N) is 5. The van der Waals surface area contributed by atoms with E-state index in [1.165, 1.54) is 18.4 Å². The fourth-order valence-corrected chi connectivity index (χ4v) is 5.10. The Bertz CT molecular complexity index is 1630. The fourth-order valence-electron chi connectivity index (χ4n) is 5.10. The molecular formula is C30H29N7. The Hall–Kier alpha value is -4.36. The summed E-state index contributed by atoms with van der Waals surface area (Å²) in [6.07, 6.45) is 18.1. The predicted molar refractivity (Wildman–Crippen MR) is 150 cm³/mol. The Morgan fingerprint density at radius 3 is 2.76 bits per heavy atom. The lowest BCUT2D eigenvalue weighted by Crippen LogP contribution is -2.21. The van der Waals surface area contributed by atoms with E-state index in [1.807, 2.05) is 43.0 Å². The molecule has 6 rings (SSSR count). The zero-order valence-electron chi connectivity index (χ0n) is 20.9. The number of H-pyrrole nitrogens is 2. The molecule has 5 aromatic heterocycles. The summed E-state index contributed by atoms with van der Waals surface area (Å²) in [5.74, 6) is 0. The minimum Gasteiger partial charge on any atom is -0.352 e. The van der Waals surface area contributed by atoms with Crippen LogP contribution in [-0.4, -0.2) is 54.7 Å². The third-order valence-electron chi connectivity index (χ3n) is 7.05. The molecule has 0 saturated carbocycles. The highest BCUT2D eigenvalue weighted by molar-refractivity contribution is 6.00. The van der Waals surface area contributed by atoms with Gasteiger partial charge in [0.25, 0.3) is 0 Å². The number of allylic oxidation sites excluding steroid dienone is 3. The quantitative estimate of drug-likeness (QED) is 0.268. The number of fused-ring (bicyclic) bond motifs is 2. The Kier molecular flexibility index (Phi) is 6.20. The van der Waals surface area contributed by atoms with E-state index in [4.69, 9.17) is 0 Å². The van der Waals surface area contributed by atoms with Crippen LogP contribution >= 0.6 is 0 Å². The lowest BCUT2D eigenvalue weighted by atomic mass is 10.0. The van der Waals surface area contributed by atoms with Gasteiger partial charge in [-0.2, -0.15) is 5.10 Å². The Morgan fingerprint density at radius 1 is 1.08 bits per heavy atom. The van der Waals surface area contributed by atoms with Gasteiger partial charge in [-0.05, 0) is 62.2 Å². The normalized spacial score (nSPS) is 15.2. The minimum absolute atomic E-state index is 0.684. The maximum absolute atomic E-state index is 4.67. The van der Waals surface area contributed by atoms with Gasteiger partial charge in [-0.15, -0.1) is 0 Å². The molecule has 0 spiro atoms. The molecule has 0 unspecified atom stereocenters. The second kappa shape index (κ2) is 9.95. The van der Waals surface area contributed by atoms with Crippen molar-refractivity contribution in [3.63, 3.8) is 0 Å². The molecule has 0 radical (unpaired) electrons. The van der Waals surface area contributed by atoms with Crippen LogP contribution in [0.5, 0.6) is 0 Å². The smallest absolute Gasteiger partial charge is 0.181 e. The highest BCUT2D eigenvalue weighted by atomic mass is 15.2. The van der Waals surface area contributed by atoms with Crippen molar-refractivity contribution in [2.45, 2.75) is 19.8 Å². The number of likely N-dealkylation sites (tertiary alicyclic amines) is 1. The van der Waals surface area contributed by atoms with Crippen molar-refractivity contribution in [3.05, 3.63) is 91.2 Å². The number of pyridine rings is 3. The third-order valence-corrected chi connectivity index (χ3v) is 7.05. The van der Waals surface area contributed by atoms with Crippen molar-refractivity contribution in [1.82, 2.24) is 35.0 Å². The molecule has 1 saturated heterocycles. The molecule has 1 aliphatic rings. The molecular weight excluding hydrogens is 458 g/mol. The van der Waals surface area contributed by atoms with E-state index in [0.29, 0.717) is 5.65 Å². The van der Waals surface area contributed by atoms with Gasteiger partial charge in [0.2, 0.25) is 0 Å². The molecule has 1 fully saturated rings. The average molecular weight is 488 g/mol. The third kappa shape index (κ3) is 4.49. The van der Waals surface area contributed by atoms with Crippen molar-refractivity contribution in [1.29, 1.82) is 0 Å². The Labute approximate surface area is 215 Å². The molecule has 37 heavy (non-hydrogen) atoms. The van der Waals surface area contributed by atoms with Gasteiger partial charge < -0.3 is 4.98 Å². The zero-order valence-corrected chi connectivity index (χ0v) is 20.9. The monoisotopic (exact) mass is 487 g/mol. The SMILES string of the molecule is C=C/C(=C\C(=C/C)c1cnc2n[nH]c(-c3cc4c(-c5cccnc5)cncc4[nH]3)c2c1)CN1CCCC1. The van der Waals surface area contributed by atoms with Crippen LogP contribution in [0.3, 0.4) is 0 Å². The second-order valence-electron chi connectivity index (χ2n) is 9.42. The van der Waals surface area contributed by atoms with E-state index < -0.39 is 0 Å². The van der Waals surface area contributed by atoms with E-state index in [-0.39, 0.29) is 0 Å². The number of nitrogens with one attached hydrogen (secondary N) is 2. The first-order valence-electron chi connectivity index (χ1n) is 12.7. The minimum atomic E-state index is 0.684. The average Bonchev–Trinajstić information content (AvgIpc) is 3.70. The van der Waals surface area contributed by atoms with E-state index in [1.54, 1.807) is 6.20 Å². The van der Waals surface area contributed by atoms with E-state index >= 15 is 0 Å². The predicted octanol–water partition coefficient (Wildman–Crippen LogP) is 6.17. The van der Waals surface area contributed by atoms with Crippen LogP contribution in [0.15, 0.2) is 85.6 Å². The van der Waals surface area contributed by atoms with Gasteiger partial charge in [0.1, 0.15) is 0 Å². The summed E-state index contributed by atoms with van der Waals surface area (Å²) in [7, 11) is 0. The van der Waals surface area contributed by atoms with Crippen molar-refractivity contribution in [2.75, 3.05) is 19.6 Å². The van der Waals surface area contributed by atoms with Gasteiger partial charge in [0.05, 0.1) is 23.1 Å². The maximum Gasteiger partial charge on any atom is 0.181 e. The summed E-state index contributed by atoms with van der Waals surface area (Å²) in [5.41, 5.74) is 8.93. The fraction of sp³-hybridized carbons (Fsp3) is 0.200. The highest BCUT2D eigenvalue weighted by Gasteiger charge is 2.16. The van der Waals surface area contributed by atoms with Gasteiger partial charge in [-0.1, -0.05) is 30.9 Å². The number of aromatic nitrogens is 6. The number of hydrogen-bond donors (Lipinski definition) is 2. The summed E-state index contributed by atoms with van der Waals surface area (Å²) in [4.78, 5) is 19.4. The van der Waals surface area contributed by atoms with Crippen LogP contribution in [0.4, 0.5) is 0 Å². The molecule has 1 aliphatic heterocycles. The summed E-state index contributed by atoms with van der Waals surface area (Å²) >= 11 is 0. The molecule has 0 aliphatic carbocycles. The summed E-state index contributed by atoms with van der Waals surface area (Å²) < 4.78 is 0. The molecule has 0 atom stereocenters. The van der Waals surface area contributed by atoms with Crippen LogP contribution in [0.2, 0.25) is 0 Å². The van der Waals surface area contributed by atoms with Crippen LogP contribution in [0.25, 0.3) is 50.0 Å². The first-order chi connectivity index (χ1) is 18.2. The summed E-state index contributed by atoms with van der Waals surface area (Å²) in [6, 6.07) is 8.29. The molecule has 7 nitrogen and oxygen atoms in total. The van der Waals surface area contributed by atoms with E-state index in [2.05, 4.69) is 72.8 Å². The molecule has 2 N–H and O–H groups in total. The molecule has 0 amide bonds. The molecule has 0 bridgehead atoms. The standard InChI is InChI=1S/C30H29N7/c1-3-20(19-37-10-5-6-11-37)12-21(4-2)23-13-25-29(35-36-30(25)33-16-23)27-14-24-26(17-32-18-28(24)34-27)22-8-7-9-31-15-22/h3-4,7-9,12-18,34H,1,5-6,10-11,19H2,2H3,(H,33,35,36)/b20-12+,21-4+. The Morgan fingerprint density at radius 2 is 1.97 bits per heavy atom. The summed E-state index contributed by atoms with van der Waals surface area (Å²) in [6.45, 7) is 9.37. The van der Waals surface area contributed by atoms with Gasteiger partial charge in [0.15, 0.2) is 5.65 Å². The van der Waals surface area contributed by atoms with E-state index in [9.17, 15) is 0 Å². The molecule has 184 valence electrons. The first kappa shape index (κ1) is 23.1. The van der Waals surface area contributed by atoms with Gasteiger partial charge in [0, 0.05) is 58.8 Å². The van der Waals surface area contributed by atoms with Crippen LogP contribution in [-0.2, 0) is 0 Å². The molecule has 7 heteroatoms. The summed E-state index contributed by atoms with van der Waals surface area (Å²) in [5, 5.41) is 9.73. The number of hydrogen-bond acceptors (Lipinski definition) is 5. The lowest BCUT2D eigenvalue weighted by Gasteiger charge is -2.15. The second-order valence-corrected chi connectivity index (χ2v) is 9.42. The van der Waals surface area contributed by atoms with Gasteiger partial charge >= 0.3 is 0 Å². The maximum atomic E-state index is 4.67. The van der Waals surface area contributed by atoms with E-state index in [0.717, 1.165) is 69.6 Å².